The van der Waals surface area contributed by atoms with E-state index in [-0.39, 0.29) is 0 Å². The number of thioether (sulfide) groups is 1. The lowest BCUT2D eigenvalue weighted by atomic mass is 10.3. The van der Waals surface area contributed by atoms with Crippen molar-refractivity contribution in [3.05, 3.63) is 29.0 Å². The molecule has 0 amide bonds. The third-order valence-electron chi connectivity index (χ3n) is 3.11. The Morgan fingerprint density at radius 1 is 1.53 bits per heavy atom. The lowest BCUT2D eigenvalue weighted by molar-refractivity contribution is 0.549. The zero-order chi connectivity index (χ0) is 11.8. The molecule has 0 saturated carbocycles. The van der Waals surface area contributed by atoms with E-state index >= 15 is 0 Å². The van der Waals surface area contributed by atoms with Gasteiger partial charge in [-0.3, -0.25) is 0 Å². The summed E-state index contributed by atoms with van der Waals surface area (Å²) in [7, 11) is 2.06. The molecule has 1 fully saturated rings. The van der Waals surface area contributed by atoms with Gasteiger partial charge in [-0.25, -0.2) is 4.98 Å². The number of nitrogens with zero attached hydrogens (tertiary/aromatic N) is 2. The first-order valence-corrected chi connectivity index (χ1v) is 7.22. The van der Waals surface area contributed by atoms with E-state index in [1.165, 1.54) is 5.75 Å². The van der Waals surface area contributed by atoms with Gasteiger partial charge in [0.05, 0.1) is 17.1 Å². The highest BCUT2D eigenvalue weighted by Crippen LogP contribution is 2.26. The number of fused-ring (bicyclic) bond motifs is 1. The highest BCUT2D eigenvalue weighted by atomic mass is 35.5. The van der Waals surface area contributed by atoms with Gasteiger partial charge < -0.3 is 9.88 Å². The lowest BCUT2D eigenvalue weighted by Crippen LogP contribution is -2.32. The Balaban J connectivity index is 2.07. The predicted octanol–water partition coefficient (Wildman–Crippen LogP) is 2.60. The summed E-state index contributed by atoms with van der Waals surface area (Å²) >= 11 is 8.00. The smallest absolute Gasteiger partial charge is 0.127 e. The summed E-state index contributed by atoms with van der Waals surface area (Å²) in [6.45, 7) is 1.05. The maximum atomic E-state index is 6.02. The molecule has 1 atom stereocenters. The van der Waals surface area contributed by atoms with Gasteiger partial charge in [-0.2, -0.15) is 11.8 Å². The molecule has 0 aliphatic carbocycles. The molecule has 0 radical (unpaired) electrons. The summed E-state index contributed by atoms with van der Waals surface area (Å²) in [6, 6.07) is 6.20. The van der Waals surface area contributed by atoms with Crippen molar-refractivity contribution in [3.8, 4) is 0 Å². The molecule has 1 aliphatic heterocycles. The average Bonchev–Trinajstić information content (AvgIpc) is 2.68. The molecule has 1 aromatic heterocycles. The van der Waals surface area contributed by atoms with E-state index in [0.717, 1.165) is 34.2 Å². The van der Waals surface area contributed by atoms with Crippen LogP contribution >= 0.6 is 23.4 Å². The first kappa shape index (κ1) is 11.4. The fourth-order valence-corrected chi connectivity index (χ4v) is 3.32. The van der Waals surface area contributed by atoms with Crippen molar-refractivity contribution in [2.45, 2.75) is 6.04 Å². The number of hydrogen-bond donors (Lipinski definition) is 1. The summed E-state index contributed by atoms with van der Waals surface area (Å²) in [4.78, 5) is 4.71. The average molecular weight is 268 g/mol. The van der Waals surface area contributed by atoms with Gasteiger partial charge in [-0.1, -0.05) is 11.6 Å². The van der Waals surface area contributed by atoms with Crippen molar-refractivity contribution in [1.82, 2.24) is 14.9 Å². The van der Waals surface area contributed by atoms with E-state index in [0.29, 0.717) is 6.04 Å². The molecule has 3 rings (SSSR count). The molecule has 2 aromatic rings. The van der Waals surface area contributed by atoms with Crippen LogP contribution in [0.5, 0.6) is 0 Å². The largest absolute Gasteiger partial charge is 0.330 e. The first-order chi connectivity index (χ1) is 8.25. The second kappa shape index (κ2) is 4.52. The molecule has 5 heteroatoms. The highest BCUT2D eigenvalue weighted by Gasteiger charge is 2.20. The number of imidazole rings is 1. The topological polar surface area (TPSA) is 29.9 Å². The Hall–Kier alpha value is -0.710. The van der Waals surface area contributed by atoms with Crippen LogP contribution in [-0.2, 0) is 7.05 Å². The quantitative estimate of drug-likeness (QED) is 0.861. The Morgan fingerprint density at radius 2 is 2.41 bits per heavy atom. The summed E-state index contributed by atoms with van der Waals surface area (Å²) in [5.41, 5.74) is 2.12. The number of rotatable bonds is 1. The van der Waals surface area contributed by atoms with Crippen LogP contribution in [0.15, 0.2) is 18.2 Å². The molecular weight excluding hydrogens is 254 g/mol. The van der Waals surface area contributed by atoms with Crippen LogP contribution in [0.4, 0.5) is 0 Å². The number of halogens is 1. The number of aromatic nitrogens is 2. The standard InChI is InChI=1S/C12H14ClN3S/c1-16-11-6-8(13)2-3-9(11)15-12(16)10-7-17-5-4-14-10/h2-3,6,10,14H,4-5,7H2,1H3. The molecule has 0 bridgehead atoms. The SMILES string of the molecule is Cn1c(C2CSCCN2)nc2ccc(Cl)cc21. The number of nitrogens with one attached hydrogen (secondary N) is 1. The minimum Gasteiger partial charge on any atom is -0.330 e. The fourth-order valence-electron chi connectivity index (χ4n) is 2.22. The van der Waals surface area contributed by atoms with Gasteiger partial charge in [-0.15, -0.1) is 0 Å². The van der Waals surface area contributed by atoms with Crippen molar-refractivity contribution >= 4 is 34.4 Å². The number of benzene rings is 1. The van der Waals surface area contributed by atoms with Gasteiger partial charge in [-0.05, 0) is 18.2 Å². The molecule has 3 nitrogen and oxygen atoms in total. The number of aryl methyl sites for hydroxylation is 1. The van der Waals surface area contributed by atoms with E-state index in [9.17, 15) is 0 Å². The van der Waals surface area contributed by atoms with Gasteiger partial charge in [0.2, 0.25) is 0 Å². The van der Waals surface area contributed by atoms with Crippen molar-refractivity contribution in [1.29, 1.82) is 0 Å². The maximum absolute atomic E-state index is 6.02. The second-order valence-electron chi connectivity index (χ2n) is 4.24. The Labute approximate surface area is 110 Å². The Bertz CT molecular complexity index is 546. The molecule has 0 spiro atoms. The Morgan fingerprint density at radius 3 is 3.18 bits per heavy atom. The summed E-state index contributed by atoms with van der Waals surface area (Å²) in [5, 5.41) is 4.28. The number of hydrogen-bond acceptors (Lipinski definition) is 3. The molecule has 90 valence electrons. The molecule has 17 heavy (non-hydrogen) atoms. The van der Waals surface area contributed by atoms with Crippen LogP contribution < -0.4 is 5.32 Å². The molecule has 1 unspecified atom stereocenters. The van der Waals surface area contributed by atoms with Gasteiger partial charge in [0, 0.05) is 30.1 Å². The monoisotopic (exact) mass is 267 g/mol. The predicted molar refractivity (Wildman–Crippen MR) is 73.8 cm³/mol. The van der Waals surface area contributed by atoms with Crippen molar-refractivity contribution < 1.29 is 0 Å². The van der Waals surface area contributed by atoms with Gasteiger partial charge in [0.15, 0.2) is 0 Å². The summed E-state index contributed by atoms with van der Waals surface area (Å²) < 4.78 is 2.14. The molecule has 1 N–H and O–H groups in total. The zero-order valence-corrected chi connectivity index (χ0v) is 11.2. The van der Waals surface area contributed by atoms with E-state index < -0.39 is 0 Å². The lowest BCUT2D eigenvalue weighted by Gasteiger charge is -2.22. The molecule has 1 aliphatic rings. The first-order valence-electron chi connectivity index (χ1n) is 5.69. The van der Waals surface area contributed by atoms with Crippen molar-refractivity contribution in [3.63, 3.8) is 0 Å². The maximum Gasteiger partial charge on any atom is 0.127 e. The molecule has 1 aromatic carbocycles. The molecule has 2 heterocycles. The molecule has 1 saturated heterocycles. The normalized spacial score (nSPS) is 20.9. The minimum absolute atomic E-state index is 0.352. The zero-order valence-electron chi connectivity index (χ0n) is 9.61. The summed E-state index contributed by atoms with van der Waals surface area (Å²) in [6.07, 6.45) is 0. The van der Waals surface area contributed by atoms with Crippen LogP contribution in [0.1, 0.15) is 11.9 Å². The fraction of sp³-hybridized carbons (Fsp3) is 0.417. The minimum atomic E-state index is 0.352. The van der Waals surface area contributed by atoms with Crippen LogP contribution in [0.25, 0.3) is 11.0 Å². The van der Waals surface area contributed by atoms with E-state index in [1.807, 2.05) is 30.0 Å². The second-order valence-corrected chi connectivity index (χ2v) is 5.83. The molecular formula is C12H14ClN3S. The van der Waals surface area contributed by atoms with Gasteiger partial charge >= 0.3 is 0 Å². The summed E-state index contributed by atoms with van der Waals surface area (Å²) in [5.74, 6) is 3.38. The van der Waals surface area contributed by atoms with Gasteiger partial charge in [0.25, 0.3) is 0 Å². The highest BCUT2D eigenvalue weighted by molar-refractivity contribution is 7.99. The van der Waals surface area contributed by atoms with E-state index in [4.69, 9.17) is 16.6 Å². The van der Waals surface area contributed by atoms with Crippen LogP contribution in [0.2, 0.25) is 5.02 Å². The van der Waals surface area contributed by atoms with Crippen molar-refractivity contribution in [2.75, 3.05) is 18.1 Å². The van der Waals surface area contributed by atoms with Crippen LogP contribution in [0, 0.1) is 0 Å². The van der Waals surface area contributed by atoms with E-state index in [1.54, 1.807) is 0 Å². The van der Waals surface area contributed by atoms with E-state index in [2.05, 4.69) is 16.9 Å². The van der Waals surface area contributed by atoms with Crippen LogP contribution in [0.3, 0.4) is 0 Å². The third-order valence-corrected chi connectivity index (χ3v) is 4.41. The van der Waals surface area contributed by atoms with Crippen LogP contribution in [-0.4, -0.2) is 27.6 Å². The third kappa shape index (κ3) is 2.05. The van der Waals surface area contributed by atoms with Gasteiger partial charge in [0.1, 0.15) is 5.82 Å². The Kier molecular flexibility index (Phi) is 3.03. The van der Waals surface area contributed by atoms with Crippen molar-refractivity contribution in [2.24, 2.45) is 7.05 Å².